The number of hydrogen-bond acceptors (Lipinski definition) is 3. The van der Waals surface area contributed by atoms with Gasteiger partial charge in [0.2, 0.25) is 0 Å². The highest BCUT2D eigenvalue weighted by Gasteiger charge is 2.33. The minimum atomic E-state index is -0.881. The fraction of sp³-hybridized carbons (Fsp3) is 0.500. The van der Waals surface area contributed by atoms with Crippen LogP contribution in [-0.4, -0.2) is 33.0 Å². The molecule has 2 amide bonds. The van der Waals surface area contributed by atoms with Crippen LogP contribution in [0, 0.1) is 5.92 Å². The van der Waals surface area contributed by atoms with E-state index < -0.39 is 11.8 Å². The van der Waals surface area contributed by atoms with Crippen LogP contribution in [0.5, 0.6) is 0 Å². The van der Waals surface area contributed by atoms with E-state index in [9.17, 15) is 9.59 Å². The molecule has 6 nitrogen and oxygen atoms in total. The van der Waals surface area contributed by atoms with E-state index in [4.69, 9.17) is 5.73 Å². The Morgan fingerprint density at radius 2 is 2.00 bits per heavy atom. The van der Waals surface area contributed by atoms with Crippen molar-refractivity contribution >= 4 is 22.7 Å². The zero-order chi connectivity index (χ0) is 16.8. The van der Waals surface area contributed by atoms with E-state index in [1.165, 1.54) is 12.8 Å². The number of likely N-dealkylation sites (tertiary alicyclic amines) is 1. The molecule has 1 aliphatic heterocycles. The molecule has 1 aliphatic carbocycles. The van der Waals surface area contributed by atoms with Crippen LogP contribution in [0.2, 0.25) is 0 Å². The summed E-state index contributed by atoms with van der Waals surface area (Å²) < 4.78 is 2.05. The van der Waals surface area contributed by atoms with Gasteiger partial charge in [0.1, 0.15) is 0 Å². The Hall–Kier alpha value is -2.37. The number of primary amides is 1. The van der Waals surface area contributed by atoms with E-state index in [2.05, 4.69) is 30.4 Å². The monoisotopic (exact) mass is 326 g/mol. The van der Waals surface area contributed by atoms with Crippen LogP contribution in [0.15, 0.2) is 24.4 Å². The number of hydrogen-bond donors (Lipinski definition) is 1. The molecule has 6 heteroatoms. The predicted molar refractivity (Wildman–Crippen MR) is 90.1 cm³/mol. The Kier molecular flexibility index (Phi) is 3.55. The Balaban J connectivity index is 1.68. The molecular formula is C18H22N4O2. The van der Waals surface area contributed by atoms with Crippen LogP contribution in [0.25, 0.3) is 10.9 Å². The first-order valence-electron chi connectivity index (χ1n) is 8.62. The number of aromatic nitrogens is 2. The molecule has 1 saturated heterocycles. The summed E-state index contributed by atoms with van der Waals surface area (Å²) in [6, 6.07) is 6.60. The molecule has 2 heterocycles. The Morgan fingerprint density at radius 1 is 1.21 bits per heavy atom. The van der Waals surface area contributed by atoms with Gasteiger partial charge in [0.05, 0.1) is 17.6 Å². The van der Waals surface area contributed by atoms with Crippen molar-refractivity contribution in [2.45, 2.75) is 44.7 Å². The number of nitrogens with zero attached hydrogens (tertiary/aromatic N) is 3. The lowest BCUT2D eigenvalue weighted by molar-refractivity contribution is -0.147. The summed E-state index contributed by atoms with van der Waals surface area (Å²) in [6.45, 7) is 2.67. The number of rotatable bonds is 2. The molecule has 2 fully saturated rings. The Labute approximate surface area is 140 Å². The van der Waals surface area contributed by atoms with E-state index in [1.54, 1.807) is 4.90 Å². The fourth-order valence-corrected chi connectivity index (χ4v) is 3.65. The van der Waals surface area contributed by atoms with Crippen molar-refractivity contribution < 1.29 is 9.59 Å². The second-order valence-electron chi connectivity index (χ2n) is 7.18. The highest BCUT2D eigenvalue weighted by molar-refractivity contribution is 6.34. The molecule has 2 atom stereocenters. The van der Waals surface area contributed by atoms with Crippen molar-refractivity contribution in [3.63, 3.8) is 0 Å². The third-order valence-electron chi connectivity index (χ3n) is 5.14. The van der Waals surface area contributed by atoms with Gasteiger partial charge in [0.25, 0.3) is 0 Å². The molecule has 24 heavy (non-hydrogen) atoms. The lowest BCUT2D eigenvalue weighted by Crippen LogP contribution is -2.46. The summed E-state index contributed by atoms with van der Waals surface area (Å²) in [7, 11) is 0. The average molecular weight is 326 g/mol. The molecule has 4 rings (SSSR count). The first-order chi connectivity index (χ1) is 11.5. The smallest absolute Gasteiger partial charge is 0.312 e. The summed E-state index contributed by atoms with van der Waals surface area (Å²) in [5.41, 5.74) is 7.22. The van der Waals surface area contributed by atoms with Gasteiger partial charge in [0.15, 0.2) is 0 Å². The van der Waals surface area contributed by atoms with E-state index in [0.29, 0.717) is 18.5 Å². The average Bonchev–Trinajstić information content (AvgIpc) is 3.33. The number of nitrogens with two attached hydrogens (primary N) is 1. The first-order valence-corrected chi connectivity index (χ1v) is 8.62. The van der Waals surface area contributed by atoms with Crippen LogP contribution in [0.3, 0.4) is 0 Å². The number of carbonyl (C=O) groups is 2. The normalized spacial score (nSPS) is 24.3. The van der Waals surface area contributed by atoms with Gasteiger partial charge in [-0.1, -0.05) is 19.1 Å². The molecule has 1 saturated carbocycles. The van der Waals surface area contributed by atoms with Crippen LogP contribution < -0.4 is 5.73 Å². The number of benzene rings is 1. The zero-order valence-corrected chi connectivity index (χ0v) is 13.8. The molecule has 2 aliphatic rings. The van der Waals surface area contributed by atoms with Gasteiger partial charge in [-0.05, 0) is 43.2 Å². The van der Waals surface area contributed by atoms with Crippen LogP contribution in [0.4, 0.5) is 0 Å². The van der Waals surface area contributed by atoms with Crippen LogP contribution in [-0.2, 0) is 9.59 Å². The fourth-order valence-electron chi connectivity index (χ4n) is 3.65. The van der Waals surface area contributed by atoms with Crippen molar-refractivity contribution in [2.75, 3.05) is 6.54 Å². The quantitative estimate of drug-likeness (QED) is 0.859. The number of amides is 2. The Morgan fingerprint density at radius 3 is 2.71 bits per heavy atom. The molecule has 2 aromatic rings. The standard InChI is InChI=1S/C18H22N4O2/c1-11-2-7-16(21(9-11)18(24)17(19)23)12-3-4-13-10-22(14-5-6-14)20-15(13)8-12/h3-4,8,10-11,14,16H,2,5-7,9H2,1H3,(H2,19,23). The summed E-state index contributed by atoms with van der Waals surface area (Å²) in [5.74, 6) is -1.09. The second-order valence-corrected chi connectivity index (χ2v) is 7.18. The van der Waals surface area contributed by atoms with Gasteiger partial charge >= 0.3 is 11.8 Å². The van der Waals surface area contributed by atoms with Crippen molar-refractivity contribution in [3.05, 3.63) is 30.0 Å². The first kappa shape index (κ1) is 15.2. The van der Waals surface area contributed by atoms with Crippen LogP contribution >= 0.6 is 0 Å². The zero-order valence-electron chi connectivity index (χ0n) is 13.8. The summed E-state index contributed by atoms with van der Waals surface area (Å²) in [4.78, 5) is 25.3. The number of piperidine rings is 1. The minimum Gasteiger partial charge on any atom is -0.361 e. The van der Waals surface area contributed by atoms with Gasteiger partial charge in [-0.15, -0.1) is 0 Å². The van der Waals surface area contributed by atoms with E-state index >= 15 is 0 Å². The van der Waals surface area contributed by atoms with Gasteiger partial charge < -0.3 is 10.6 Å². The highest BCUT2D eigenvalue weighted by atomic mass is 16.2. The largest absolute Gasteiger partial charge is 0.361 e. The maximum atomic E-state index is 12.2. The molecular weight excluding hydrogens is 304 g/mol. The molecule has 2 unspecified atom stereocenters. The number of carbonyl (C=O) groups excluding carboxylic acids is 2. The number of fused-ring (bicyclic) bond motifs is 1. The van der Waals surface area contributed by atoms with E-state index in [1.807, 2.05) is 10.7 Å². The molecule has 1 aromatic heterocycles. The van der Waals surface area contributed by atoms with E-state index in [0.717, 1.165) is 29.3 Å². The second kappa shape index (κ2) is 5.61. The molecule has 126 valence electrons. The molecule has 0 bridgehead atoms. The molecule has 0 radical (unpaired) electrons. The maximum Gasteiger partial charge on any atom is 0.312 e. The lowest BCUT2D eigenvalue weighted by Gasteiger charge is -2.38. The minimum absolute atomic E-state index is 0.100. The summed E-state index contributed by atoms with van der Waals surface area (Å²) in [6.07, 6.45) is 6.35. The topological polar surface area (TPSA) is 81.2 Å². The summed E-state index contributed by atoms with van der Waals surface area (Å²) in [5, 5.41) is 5.79. The predicted octanol–water partition coefficient (Wildman–Crippen LogP) is 2.16. The van der Waals surface area contributed by atoms with Gasteiger partial charge in [-0.3, -0.25) is 14.3 Å². The Bertz CT molecular complexity index is 808. The SMILES string of the molecule is CC1CCC(c2ccc3cn(C4CC4)nc3c2)N(C(=O)C(N)=O)C1. The maximum absolute atomic E-state index is 12.2. The van der Waals surface area contributed by atoms with Gasteiger partial charge in [-0.2, -0.15) is 5.10 Å². The van der Waals surface area contributed by atoms with E-state index in [-0.39, 0.29) is 6.04 Å². The van der Waals surface area contributed by atoms with Gasteiger partial charge in [-0.25, -0.2) is 0 Å². The van der Waals surface area contributed by atoms with Gasteiger partial charge in [0, 0.05) is 18.1 Å². The third-order valence-corrected chi connectivity index (χ3v) is 5.14. The van der Waals surface area contributed by atoms with Crippen molar-refractivity contribution in [3.8, 4) is 0 Å². The van der Waals surface area contributed by atoms with Crippen molar-refractivity contribution in [2.24, 2.45) is 11.7 Å². The van der Waals surface area contributed by atoms with Crippen molar-refractivity contribution in [1.82, 2.24) is 14.7 Å². The molecule has 1 aromatic carbocycles. The molecule has 0 spiro atoms. The van der Waals surface area contributed by atoms with Crippen molar-refractivity contribution in [1.29, 1.82) is 0 Å². The lowest BCUT2D eigenvalue weighted by atomic mass is 9.89. The van der Waals surface area contributed by atoms with Crippen LogP contribution in [0.1, 0.15) is 50.3 Å². The summed E-state index contributed by atoms with van der Waals surface area (Å²) >= 11 is 0. The third kappa shape index (κ3) is 2.66. The highest BCUT2D eigenvalue weighted by Crippen LogP contribution is 2.37. The molecule has 2 N–H and O–H groups in total.